The Balaban J connectivity index is 2.58. The Kier molecular flexibility index (Phi) is 6.26. The molecule has 0 aromatic heterocycles. The summed E-state index contributed by atoms with van der Waals surface area (Å²) < 4.78 is 54.9. The van der Waals surface area contributed by atoms with E-state index in [1.54, 1.807) is 12.1 Å². The fourth-order valence-electron chi connectivity index (χ4n) is 1.62. The van der Waals surface area contributed by atoms with Gasteiger partial charge in [0.2, 0.25) is 0 Å². The monoisotopic (exact) mass is 293 g/mol. The lowest BCUT2D eigenvalue weighted by atomic mass is 10.2. The van der Waals surface area contributed by atoms with Gasteiger partial charge in [-0.1, -0.05) is 26.0 Å². The maximum Gasteiger partial charge on any atom is 0.389 e. The van der Waals surface area contributed by atoms with Crippen molar-refractivity contribution in [1.29, 1.82) is 0 Å². The summed E-state index contributed by atoms with van der Waals surface area (Å²) in [4.78, 5) is 0. The third-order valence-electron chi connectivity index (χ3n) is 2.60. The molecule has 0 saturated carbocycles. The first-order valence-corrected chi connectivity index (χ1v) is 6.50. The fourth-order valence-corrected chi connectivity index (χ4v) is 1.62. The van der Waals surface area contributed by atoms with Crippen LogP contribution in [0.4, 0.5) is 17.6 Å². The van der Waals surface area contributed by atoms with Crippen molar-refractivity contribution in [2.75, 3.05) is 6.61 Å². The molecule has 1 rings (SSSR count). The van der Waals surface area contributed by atoms with Crippen LogP contribution in [0.1, 0.15) is 32.3 Å². The molecule has 0 radical (unpaired) electrons. The van der Waals surface area contributed by atoms with Crippen LogP contribution >= 0.6 is 0 Å². The quantitative estimate of drug-likeness (QED) is 0.605. The minimum atomic E-state index is -4.21. The summed E-state index contributed by atoms with van der Waals surface area (Å²) in [6, 6.07) is 4.70. The molecule has 0 aliphatic rings. The van der Waals surface area contributed by atoms with Crippen molar-refractivity contribution in [2.24, 2.45) is 0 Å². The molecule has 0 fully saturated rings. The van der Waals surface area contributed by atoms with Gasteiger partial charge in [-0.2, -0.15) is 13.2 Å². The molecule has 1 aromatic rings. The highest BCUT2D eigenvalue weighted by molar-refractivity contribution is 5.34. The second kappa shape index (κ2) is 7.47. The van der Waals surface area contributed by atoms with Gasteiger partial charge < -0.3 is 10.1 Å². The molecule has 0 aliphatic heterocycles. The molecule has 20 heavy (non-hydrogen) atoms. The minimum absolute atomic E-state index is 0.0304. The maximum atomic E-state index is 13.7. The molecule has 2 nitrogen and oxygen atoms in total. The standard InChI is InChI=1S/C14H19F4NO/c1-10(2)19-9-11-5-3-6-12(15)13(11)20-8-4-7-14(16,17)18/h3,5-6,10,19H,4,7-9H2,1-2H3. The van der Waals surface area contributed by atoms with Crippen molar-refractivity contribution in [3.63, 3.8) is 0 Å². The molecule has 1 aromatic carbocycles. The van der Waals surface area contributed by atoms with Gasteiger partial charge in [-0.3, -0.25) is 0 Å². The van der Waals surface area contributed by atoms with Crippen molar-refractivity contribution in [3.8, 4) is 5.75 Å². The van der Waals surface area contributed by atoms with E-state index in [2.05, 4.69) is 5.32 Å². The zero-order valence-corrected chi connectivity index (χ0v) is 11.6. The van der Waals surface area contributed by atoms with Gasteiger partial charge in [0.1, 0.15) is 0 Å². The van der Waals surface area contributed by atoms with Gasteiger partial charge in [-0.25, -0.2) is 4.39 Å². The van der Waals surface area contributed by atoms with Crippen molar-refractivity contribution < 1.29 is 22.3 Å². The zero-order chi connectivity index (χ0) is 15.2. The number of alkyl halides is 3. The summed E-state index contributed by atoms with van der Waals surface area (Å²) >= 11 is 0. The Bertz CT molecular complexity index is 418. The number of ether oxygens (including phenoxy) is 1. The first kappa shape index (κ1) is 16.8. The third-order valence-corrected chi connectivity index (χ3v) is 2.60. The summed E-state index contributed by atoms with van der Waals surface area (Å²) in [6.07, 6.45) is -5.32. The highest BCUT2D eigenvalue weighted by Crippen LogP contribution is 2.25. The number of para-hydroxylation sites is 1. The molecule has 6 heteroatoms. The summed E-state index contributed by atoms with van der Waals surface area (Å²) in [5.74, 6) is -0.525. The Hall–Kier alpha value is -1.30. The van der Waals surface area contributed by atoms with Crippen LogP contribution in [0.15, 0.2) is 18.2 Å². The molecule has 0 spiro atoms. The first-order chi connectivity index (χ1) is 9.29. The van der Waals surface area contributed by atoms with E-state index in [0.29, 0.717) is 12.1 Å². The topological polar surface area (TPSA) is 21.3 Å². The molecule has 0 amide bonds. The first-order valence-electron chi connectivity index (χ1n) is 6.50. The fraction of sp³-hybridized carbons (Fsp3) is 0.571. The van der Waals surface area contributed by atoms with E-state index in [9.17, 15) is 17.6 Å². The normalized spacial score (nSPS) is 11.9. The van der Waals surface area contributed by atoms with Gasteiger partial charge in [0.05, 0.1) is 6.61 Å². The molecular weight excluding hydrogens is 274 g/mol. The van der Waals surface area contributed by atoms with E-state index in [4.69, 9.17) is 4.74 Å². The zero-order valence-electron chi connectivity index (χ0n) is 11.6. The number of nitrogens with one attached hydrogen (secondary N) is 1. The average Bonchev–Trinajstić information content (AvgIpc) is 2.32. The molecule has 1 N–H and O–H groups in total. The van der Waals surface area contributed by atoms with Gasteiger partial charge in [-0.15, -0.1) is 0 Å². The van der Waals surface area contributed by atoms with Crippen molar-refractivity contribution in [1.82, 2.24) is 5.32 Å². The molecule has 0 atom stereocenters. The van der Waals surface area contributed by atoms with E-state index in [-0.39, 0.29) is 24.8 Å². The largest absolute Gasteiger partial charge is 0.490 e. The van der Waals surface area contributed by atoms with E-state index < -0.39 is 18.4 Å². The molecule has 0 bridgehead atoms. The van der Waals surface area contributed by atoms with E-state index in [1.807, 2.05) is 13.8 Å². The highest BCUT2D eigenvalue weighted by Gasteiger charge is 2.26. The lowest BCUT2D eigenvalue weighted by molar-refractivity contribution is -0.136. The summed E-state index contributed by atoms with van der Waals surface area (Å²) in [7, 11) is 0. The average molecular weight is 293 g/mol. The smallest absolute Gasteiger partial charge is 0.389 e. The number of rotatable bonds is 7. The van der Waals surface area contributed by atoms with Crippen molar-refractivity contribution >= 4 is 0 Å². The number of hydrogen-bond acceptors (Lipinski definition) is 2. The van der Waals surface area contributed by atoms with Gasteiger partial charge in [0.25, 0.3) is 0 Å². The summed E-state index contributed by atoms with van der Waals surface area (Å²) in [6.45, 7) is 4.14. The van der Waals surface area contributed by atoms with Crippen molar-refractivity contribution in [2.45, 2.75) is 45.5 Å². The Morgan fingerprint density at radius 2 is 1.95 bits per heavy atom. The molecule has 0 aliphatic carbocycles. The molecule has 0 heterocycles. The van der Waals surface area contributed by atoms with Crippen LogP contribution in [-0.4, -0.2) is 18.8 Å². The van der Waals surface area contributed by atoms with E-state index >= 15 is 0 Å². The lowest BCUT2D eigenvalue weighted by Gasteiger charge is -2.14. The number of benzene rings is 1. The van der Waals surface area contributed by atoms with Gasteiger partial charge in [0.15, 0.2) is 11.6 Å². The van der Waals surface area contributed by atoms with Gasteiger partial charge in [0, 0.05) is 24.6 Å². The van der Waals surface area contributed by atoms with Crippen LogP contribution in [0.25, 0.3) is 0 Å². The highest BCUT2D eigenvalue weighted by atomic mass is 19.4. The van der Waals surface area contributed by atoms with Crippen LogP contribution < -0.4 is 10.1 Å². The van der Waals surface area contributed by atoms with E-state index in [1.165, 1.54) is 6.07 Å². The molecular formula is C14H19F4NO. The predicted molar refractivity (Wildman–Crippen MR) is 69.2 cm³/mol. The molecule has 0 saturated heterocycles. The second-order valence-electron chi connectivity index (χ2n) is 4.83. The Morgan fingerprint density at radius 1 is 1.25 bits per heavy atom. The molecule has 0 unspecified atom stereocenters. The summed E-state index contributed by atoms with van der Waals surface area (Å²) in [5, 5.41) is 3.12. The van der Waals surface area contributed by atoms with Crippen LogP contribution in [-0.2, 0) is 6.54 Å². The van der Waals surface area contributed by atoms with Gasteiger partial charge in [-0.05, 0) is 12.5 Å². The van der Waals surface area contributed by atoms with Crippen molar-refractivity contribution in [3.05, 3.63) is 29.6 Å². The number of halogens is 4. The third kappa shape index (κ3) is 6.23. The Morgan fingerprint density at radius 3 is 2.55 bits per heavy atom. The SMILES string of the molecule is CC(C)NCc1cccc(F)c1OCCCC(F)(F)F. The van der Waals surface area contributed by atoms with Crippen LogP contribution in [0.2, 0.25) is 0 Å². The second-order valence-corrected chi connectivity index (χ2v) is 4.83. The lowest BCUT2D eigenvalue weighted by Crippen LogP contribution is -2.22. The van der Waals surface area contributed by atoms with Crippen LogP contribution in [0.5, 0.6) is 5.75 Å². The Labute approximate surface area is 116 Å². The number of hydrogen-bond donors (Lipinski definition) is 1. The van der Waals surface area contributed by atoms with Crippen LogP contribution in [0, 0.1) is 5.82 Å². The van der Waals surface area contributed by atoms with Crippen LogP contribution in [0.3, 0.4) is 0 Å². The van der Waals surface area contributed by atoms with E-state index in [0.717, 1.165) is 0 Å². The maximum absolute atomic E-state index is 13.7. The summed E-state index contributed by atoms with van der Waals surface area (Å²) in [5.41, 5.74) is 0.603. The molecule has 114 valence electrons. The van der Waals surface area contributed by atoms with Gasteiger partial charge >= 0.3 is 6.18 Å². The minimum Gasteiger partial charge on any atom is -0.490 e. The predicted octanol–water partition coefficient (Wildman–Crippen LogP) is 4.05.